The molecule has 1 aromatic heterocycles. The first-order chi connectivity index (χ1) is 9.72. The summed E-state index contributed by atoms with van der Waals surface area (Å²) in [6.45, 7) is 1.91. The first-order valence-electron chi connectivity index (χ1n) is 6.85. The van der Waals surface area contributed by atoms with E-state index in [2.05, 4.69) is 27.2 Å². The minimum Gasteiger partial charge on any atom is -0.363 e. The Labute approximate surface area is 116 Å². The Hall–Kier alpha value is -1.95. The number of nitrogens with zero attached hydrogens (tertiary/aromatic N) is 5. The normalized spacial score (nSPS) is 25.6. The molecule has 2 atom stereocenters. The highest BCUT2D eigenvalue weighted by molar-refractivity contribution is 5.56. The van der Waals surface area contributed by atoms with Gasteiger partial charge in [0.15, 0.2) is 0 Å². The molecule has 0 spiro atoms. The number of aromatic nitrogens is 3. The van der Waals surface area contributed by atoms with E-state index in [0.717, 1.165) is 25.2 Å². The molecule has 5 nitrogen and oxygen atoms in total. The second kappa shape index (κ2) is 4.28. The lowest BCUT2D eigenvalue weighted by atomic mass is 10.2. The molecule has 2 fully saturated rings. The first kappa shape index (κ1) is 11.8. The second-order valence-corrected chi connectivity index (χ2v) is 5.62. The number of piperazine rings is 1. The van der Waals surface area contributed by atoms with Gasteiger partial charge in [0.1, 0.15) is 5.82 Å². The van der Waals surface area contributed by atoms with Crippen LogP contribution < -0.4 is 4.90 Å². The van der Waals surface area contributed by atoms with Crippen LogP contribution in [0.1, 0.15) is 6.42 Å². The molecular formula is C14H16FN5. The van der Waals surface area contributed by atoms with Crippen molar-refractivity contribution >= 4 is 5.69 Å². The molecule has 3 heterocycles. The van der Waals surface area contributed by atoms with Crippen molar-refractivity contribution in [3.8, 4) is 5.69 Å². The Bertz CT molecular complexity index is 624. The zero-order chi connectivity index (χ0) is 13.7. The summed E-state index contributed by atoms with van der Waals surface area (Å²) < 4.78 is 15.8. The summed E-state index contributed by atoms with van der Waals surface area (Å²) in [4.78, 5) is 4.56. The van der Waals surface area contributed by atoms with Crippen LogP contribution in [0.4, 0.5) is 10.1 Å². The number of benzene rings is 1. The number of fused-ring (bicyclic) bond motifs is 2. The summed E-state index contributed by atoms with van der Waals surface area (Å²) in [6.07, 6.45) is 4.51. The van der Waals surface area contributed by atoms with Gasteiger partial charge in [0, 0.05) is 25.2 Å². The fourth-order valence-electron chi connectivity index (χ4n) is 3.37. The van der Waals surface area contributed by atoms with E-state index in [-0.39, 0.29) is 5.82 Å². The quantitative estimate of drug-likeness (QED) is 0.826. The molecule has 0 radical (unpaired) electrons. The second-order valence-electron chi connectivity index (χ2n) is 5.62. The van der Waals surface area contributed by atoms with Crippen LogP contribution in [0.25, 0.3) is 5.69 Å². The standard InChI is InChI=1S/C14H16FN5/c1-18-8-12-6-11(18)9-19(12)14-7-10(2-3-13(14)15)20-5-4-16-17-20/h2-5,7,11-12H,6,8-9H2,1H3/t11-,12-/m0/s1. The van der Waals surface area contributed by atoms with Gasteiger partial charge in [-0.05, 0) is 31.7 Å². The minimum absolute atomic E-state index is 0.163. The summed E-state index contributed by atoms with van der Waals surface area (Å²) in [6, 6.07) is 6.08. The maximum atomic E-state index is 14.2. The van der Waals surface area contributed by atoms with Gasteiger partial charge in [0.25, 0.3) is 0 Å². The zero-order valence-electron chi connectivity index (χ0n) is 11.3. The van der Waals surface area contributed by atoms with E-state index in [1.54, 1.807) is 23.1 Å². The molecule has 0 unspecified atom stereocenters. The van der Waals surface area contributed by atoms with Gasteiger partial charge >= 0.3 is 0 Å². The lowest BCUT2D eigenvalue weighted by molar-refractivity contribution is 0.292. The Kier molecular flexibility index (Phi) is 2.53. The number of hydrogen-bond acceptors (Lipinski definition) is 4. The summed E-state index contributed by atoms with van der Waals surface area (Å²) in [5.41, 5.74) is 1.52. The minimum atomic E-state index is -0.163. The molecule has 0 N–H and O–H groups in total. The fraction of sp³-hybridized carbons (Fsp3) is 0.429. The van der Waals surface area contributed by atoms with Crippen molar-refractivity contribution in [3.05, 3.63) is 36.4 Å². The molecule has 6 heteroatoms. The zero-order valence-corrected chi connectivity index (χ0v) is 11.3. The van der Waals surface area contributed by atoms with Crippen LogP contribution in [0, 0.1) is 5.82 Å². The maximum Gasteiger partial charge on any atom is 0.146 e. The van der Waals surface area contributed by atoms with Crippen molar-refractivity contribution in [3.63, 3.8) is 0 Å². The summed E-state index contributed by atoms with van der Waals surface area (Å²) in [5, 5.41) is 7.76. The lowest BCUT2D eigenvalue weighted by Gasteiger charge is -2.34. The van der Waals surface area contributed by atoms with Crippen molar-refractivity contribution in [1.29, 1.82) is 0 Å². The Morgan fingerprint density at radius 3 is 2.80 bits per heavy atom. The largest absolute Gasteiger partial charge is 0.363 e. The number of likely N-dealkylation sites (N-methyl/N-ethyl adjacent to an activating group) is 1. The number of halogens is 1. The van der Waals surface area contributed by atoms with Gasteiger partial charge in [-0.1, -0.05) is 5.21 Å². The van der Waals surface area contributed by atoms with Crippen LogP contribution in [0.5, 0.6) is 0 Å². The number of likely N-dealkylation sites (tertiary alicyclic amines) is 1. The topological polar surface area (TPSA) is 37.2 Å². The predicted octanol–water partition coefficient (Wildman–Crippen LogP) is 1.30. The monoisotopic (exact) mass is 273 g/mol. The van der Waals surface area contributed by atoms with E-state index in [1.165, 1.54) is 6.07 Å². The maximum absolute atomic E-state index is 14.2. The highest BCUT2D eigenvalue weighted by Gasteiger charge is 2.42. The summed E-state index contributed by atoms with van der Waals surface area (Å²) in [5.74, 6) is -0.163. The molecule has 104 valence electrons. The van der Waals surface area contributed by atoms with Gasteiger partial charge < -0.3 is 4.90 Å². The molecule has 2 aromatic rings. The average Bonchev–Trinajstić information content (AvgIpc) is 3.14. The molecule has 2 bridgehead atoms. The van der Waals surface area contributed by atoms with E-state index >= 15 is 0 Å². The van der Waals surface area contributed by atoms with Crippen LogP contribution in [-0.2, 0) is 0 Å². The molecule has 2 aliphatic rings. The van der Waals surface area contributed by atoms with Gasteiger partial charge in [-0.3, -0.25) is 4.90 Å². The molecule has 2 aliphatic heterocycles. The van der Waals surface area contributed by atoms with Gasteiger partial charge in [-0.15, -0.1) is 5.10 Å². The van der Waals surface area contributed by atoms with Gasteiger partial charge in [-0.2, -0.15) is 0 Å². The third-order valence-electron chi connectivity index (χ3n) is 4.44. The van der Waals surface area contributed by atoms with E-state index < -0.39 is 0 Å². The SMILES string of the molecule is CN1C[C@@H]2C[C@H]1CN2c1cc(-n2ccnn2)ccc1F. The van der Waals surface area contributed by atoms with Crippen LogP contribution in [0.2, 0.25) is 0 Å². The Morgan fingerprint density at radius 2 is 2.15 bits per heavy atom. The van der Waals surface area contributed by atoms with Crippen molar-refractivity contribution in [1.82, 2.24) is 19.9 Å². The molecule has 0 amide bonds. The number of anilines is 1. The van der Waals surface area contributed by atoms with E-state index in [0.29, 0.717) is 17.8 Å². The average molecular weight is 273 g/mol. The van der Waals surface area contributed by atoms with Crippen molar-refractivity contribution in [2.45, 2.75) is 18.5 Å². The molecule has 2 saturated heterocycles. The van der Waals surface area contributed by atoms with Gasteiger partial charge in [0.05, 0.1) is 23.8 Å². The van der Waals surface area contributed by atoms with Crippen LogP contribution in [0.15, 0.2) is 30.6 Å². The van der Waals surface area contributed by atoms with Crippen molar-refractivity contribution < 1.29 is 4.39 Å². The van der Waals surface area contributed by atoms with E-state index in [1.807, 2.05) is 6.07 Å². The Morgan fingerprint density at radius 1 is 1.25 bits per heavy atom. The molecule has 20 heavy (non-hydrogen) atoms. The van der Waals surface area contributed by atoms with Crippen molar-refractivity contribution in [2.24, 2.45) is 0 Å². The first-order valence-corrected chi connectivity index (χ1v) is 6.85. The van der Waals surface area contributed by atoms with Crippen LogP contribution >= 0.6 is 0 Å². The molecule has 4 rings (SSSR count). The number of rotatable bonds is 2. The molecular weight excluding hydrogens is 257 g/mol. The third kappa shape index (κ3) is 1.71. The molecule has 0 aliphatic carbocycles. The van der Waals surface area contributed by atoms with Crippen LogP contribution in [0.3, 0.4) is 0 Å². The van der Waals surface area contributed by atoms with Gasteiger partial charge in [0.2, 0.25) is 0 Å². The number of hydrogen-bond donors (Lipinski definition) is 0. The highest BCUT2D eigenvalue weighted by atomic mass is 19.1. The highest BCUT2D eigenvalue weighted by Crippen LogP contribution is 2.35. The van der Waals surface area contributed by atoms with E-state index in [4.69, 9.17) is 0 Å². The molecule has 0 saturated carbocycles. The molecule has 1 aromatic carbocycles. The van der Waals surface area contributed by atoms with E-state index in [9.17, 15) is 4.39 Å². The third-order valence-corrected chi connectivity index (χ3v) is 4.44. The van der Waals surface area contributed by atoms with Crippen molar-refractivity contribution in [2.75, 3.05) is 25.0 Å². The fourth-order valence-corrected chi connectivity index (χ4v) is 3.37. The lowest BCUT2D eigenvalue weighted by Crippen LogP contribution is -2.44. The summed E-state index contributed by atoms with van der Waals surface area (Å²) in [7, 11) is 2.14. The summed E-state index contributed by atoms with van der Waals surface area (Å²) >= 11 is 0. The van der Waals surface area contributed by atoms with Crippen LogP contribution in [-0.4, -0.2) is 52.1 Å². The Balaban J connectivity index is 1.70. The van der Waals surface area contributed by atoms with Gasteiger partial charge in [-0.25, -0.2) is 9.07 Å². The smallest absolute Gasteiger partial charge is 0.146 e. The predicted molar refractivity (Wildman–Crippen MR) is 73.5 cm³/mol.